The number of halogens is 2. The fraction of sp³-hybridized carbons (Fsp3) is 0.500. The molecular weight excluding hydrogens is 210 g/mol. The predicted octanol–water partition coefficient (Wildman–Crippen LogP) is 2.65. The maximum absolute atomic E-state index is 13.4. The first-order valence-electron chi connectivity index (χ1n) is 5.64. The number of nitrogens with one attached hydrogen (secondary N) is 1. The first-order chi connectivity index (χ1) is 7.66. The highest BCUT2D eigenvalue weighted by molar-refractivity contribution is 5.46. The van der Waals surface area contributed by atoms with Crippen molar-refractivity contribution in [3.8, 4) is 0 Å². The quantitative estimate of drug-likeness (QED) is 0.813. The molecule has 2 nitrogen and oxygen atoms in total. The summed E-state index contributed by atoms with van der Waals surface area (Å²) < 4.78 is 26.3. The predicted molar refractivity (Wildman–Crippen MR) is 60.2 cm³/mol. The Labute approximate surface area is 93.8 Å². The Morgan fingerprint density at radius 3 is 2.69 bits per heavy atom. The van der Waals surface area contributed by atoms with Crippen LogP contribution in [0, 0.1) is 11.6 Å². The van der Waals surface area contributed by atoms with E-state index in [9.17, 15) is 8.78 Å². The van der Waals surface area contributed by atoms with Gasteiger partial charge in [-0.1, -0.05) is 12.8 Å². The van der Waals surface area contributed by atoms with Crippen LogP contribution in [0.1, 0.15) is 25.7 Å². The molecule has 2 unspecified atom stereocenters. The molecule has 88 valence electrons. The molecule has 0 spiro atoms. The fourth-order valence-electron chi connectivity index (χ4n) is 2.15. The van der Waals surface area contributed by atoms with E-state index in [1.807, 2.05) is 0 Å². The summed E-state index contributed by atoms with van der Waals surface area (Å²) >= 11 is 0. The van der Waals surface area contributed by atoms with Gasteiger partial charge in [0.1, 0.15) is 11.6 Å². The molecule has 0 heterocycles. The monoisotopic (exact) mass is 226 g/mol. The van der Waals surface area contributed by atoms with Gasteiger partial charge in [-0.3, -0.25) is 0 Å². The Hall–Kier alpha value is -1.16. The lowest BCUT2D eigenvalue weighted by Crippen LogP contribution is -2.42. The zero-order valence-electron chi connectivity index (χ0n) is 9.05. The Morgan fingerprint density at radius 1 is 1.19 bits per heavy atom. The van der Waals surface area contributed by atoms with Crippen molar-refractivity contribution in [2.45, 2.75) is 37.8 Å². The van der Waals surface area contributed by atoms with Crippen molar-refractivity contribution in [3.05, 3.63) is 29.8 Å². The van der Waals surface area contributed by atoms with Gasteiger partial charge in [-0.2, -0.15) is 0 Å². The molecule has 0 bridgehead atoms. The smallest absolute Gasteiger partial charge is 0.146 e. The van der Waals surface area contributed by atoms with Gasteiger partial charge in [-0.05, 0) is 31.0 Å². The van der Waals surface area contributed by atoms with Crippen LogP contribution in [0.4, 0.5) is 14.5 Å². The SMILES string of the molecule is NC1CCCCC1Nc1cc(F)ccc1F. The van der Waals surface area contributed by atoms with Gasteiger partial charge in [-0.15, -0.1) is 0 Å². The van der Waals surface area contributed by atoms with Crippen LogP contribution in [-0.2, 0) is 0 Å². The summed E-state index contributed by atoms with van der Waals surface area (Å²) in [5, 5.41) is 3.00. The van der Waals surface area contributed by atoms with Gasteiger partial charge in [-0.25, -0.2) is 8.78 Å². The first kappa shape index (κ1) is 11.3. The van der Waals surface area contributed by atoms with Crippen LogP contribution < -0.4 is 11.1 Å². The van der Waals surface area contributed by atoms with E-state index >= 15 is 0 Å². The lowest BCUT2D eigenvalue weighted by molar-refractivity contribution is 0.402. The zero-order chi connectivity index (χ0) is 11.5. The summed E-state index contributed by atoms with van der Waals surface area (Å²) in [6, 6.07) is 3.49. The first-order valence-corrected chi connectivity index (χ1v) is 5.64. The molecule has 0 radical (unpaired) electrons. The maximum Gasteiger partial charge on any atom is 0.146 e. The van der Waals surface area contributed by atoms with Crippen molar-refractivity contribution in [1.29, 1.82) is 0 Å². The van der Waals surface area contributed by atoms with E-state index in [-0.39, 0.29) is 17.8 Å². The highest BCUT2D eigenvalue weighted by Gasteiger charge is 2.22. The number of rotatable bonds is 2. The van der Waals surface area contributed by atoms with Gasteiger partial charge in [0.25, 0.3) is 0 Å². The number of nitrogens with two attached hydrogens (primary N) is 1. The summed E-state index contributed by atoms with van der Waals surface area (Å²) in [6.45, 7) is 0. The minimum Gasteiger partial charge on any atom is -0.378 e. The second kappa shape index (κ2) is 4.78. The summed E-state index contributed by atoms with van der Waals surface area (Å²) in [5.74, 6) is -0.868. The van der Waals surface area contributed by atoms with Crippen LogP contribution in [0.25, 0.3) is 0 Å². The van der Waals surface area contributed by atoms with E-state index in [4.69, 9.17) is 5.73 Å². The van der Waals surface area contributed by atoms with Crippen molar-refractivity contribution in [3.63, 3.8) is 0 Å². The van der Waals surface area contributed by atoms with E-state index in [0.717, 1.165) is 37.8 Å². The molecule has 1 aliphatic carbocycles. The summed E-state index contributed by atoms with van der Waals surface area (Å²) in [6.07, 6.45) is 4.05. The molecule has 4 heteroatoms. The molecule has 0 aliphatic heterocycles. The van der Waals surface area contributed by atoms with Gasteiger partial charge in [0.2, 0.25) is 0 Å². The van der Waals surface area contributed by atoms with Gasteiger partial charge in [0.05, 0.1) is 5.69 Å². The highest BCUT2D eigenvalue weighted by atomic mass is 19.1. The molecule has 2 atom stereocenters. The van der Waals surface area contributed by atoms with E-state index < -0.39 is 11.6 Å². The summed E-state index contributed by atoms with van der Waals surface area (Å²) in [5.41, 5.74) is 6.15. The minimum absolute atomic E-state index is 0.0245. The van der Waals surface area contributed by atoms with Gasteiger partial charge in [0.15, 0.2) is 0 Å². The Morgan fingerprint density at radius 2 is 1.94 bits per heavy atom. The standard InChI is InChI=1S/C12H16F2N2/c13-8-5-6-9(14)12(7-8)16-11-4-2-1-3-10(11)15/h5-7,10-11,16H,1-4,15H2. The molecule has 0 saturated heterocycles. The van der Waals surface area contributed by atoms with Crippen LogP contribution in [-0.4, -0.2) is 12.1 Å². The lowest BCUT2D eigenvalue weighted by atomic mass is 9.91. The second-order valence-corrected chi connectivity index (χ2v) is 4.32. The third-order valence-electron chi connectivity index (χ3n) is 3.09. The molecular formula is C12H16F2N2. The molecule has 2 rings (SSSR count). The van der Waals surface area contributed by atoms with Crippen LogP contribution >= 0.6 is 0 Å². The van der Waals surface area contributed by atoms with E-state index in [1.54, 1.807) is 0 Å². The van der Waals surface area contributed by atoms with Crippen LogP contribution in [0.15, 0.2) is 18.2 Å². The summed E-state index contributed by atoms with van der Waals surface area (Å²) in [7, 11) is 0. The Kier molecular flexibility index (Phi) is 3.39. The van der Waals surface area contributed by atoms with Crippen molar-refractivity contribution >= 4 is 5.69 Å². The molecule has 1 aromatic rings. The van der Waals surface area contributed by atoms with E-state index in [0.29, 0.717) is 0 Å². The van der Waals surface area contributed by atoms with Crippen molar-refractivity contribution in [2.75, 3.05) is 5.32 Å². The third-order valence-corrected chi connectivity index (χ3v) is 3.09. The van der Waals surface area contributed by atoms with Gasteiger partial charge in [0, 0.05) is 12.1 Å². The number of hydrogen-bond donors (Lipinski definition) is 2. The molecule has 0 amide bonds. The van der Waals surface area contributed by atoms with E-state index in [2.05, 4.69) is 5.32 Å². The third kappa shape index (κ3) is 2.50. The Bertz CT molecular complexity index is 368. The average molecular weight is 226 g/mol. The molecule has 16 heavy (non-hydrogen) atoms. The molecule has 1 saturated carbocycles. The van der Waals surface area contributed by atoms with Crippen molar-refractivity contribution in [1.82, 2.24) is 0 Å². The fourth-order valence-corrected chi connectivity index (χ4v) is 2.15. The number of hydrogen-bond acceptors (Lipinski definition) is 2. The van der Waals surface area contributed by atoms with Crippen molar-refractivity contribution in [2.24, 2.45) is 5.73 Å². The minimum atomic E-state index is -0.437. The second-order valence-electron chi connectivity index (χ2n) is 4.32. The van der Waals surface area contributed by atoms with E-state index in [1.165, 1.54) is 6.07 Å². The molecule has 1 fully saturated rings. The summed E-state index contributed by atoms with van der Waals surface area (Å²) in [4.78, 5) is 0. The molecule has 3 N–H and O–H groups in total. The normalized spacial score (nSPS) is 25.4. The van der Waals surface area contributed by atoms with Gasteiger partial charge < -0.3 is 11.1 Å². The number of benzene rings is 1. The van der Waals surface area contributed by atoms with Crippen molar-refractivity contribution < 1.29 is 8.78 Å². The largest absolute Gasteiger partial charge is 0.378 e. The van der Waals surface area contributed by atoms with Crippen LogP contribution in [0.5, 0.6) is 0 Å². The molecule has 0 aromatic heterocycles. The zero-order valence-corrected chi connectivity index (χ0v) is 9.05. The highest BCUT2D eigenvalue weighted by Crippen LogP contribution is 2.23. The van der Waals surface area contributed by atoms with Crippen LogP contribution in [0.3, 0.4) is 0 Å². The molecule has 1 aliphatic rings. The average Bonchev–Trinajstić information content (AvgIpc) is 2.27. The Balaban J connectivity index is 2.10. The number of anilines is 1. The van der Waals surface area contributed by atoms with Crippen LogP contribution in [0.2, 0.25) is 0 Å². The van der Waals surface area contributed by atoms with Gasteiger partial charge >= 0.3 is 0 Å². The molecule has 1 aromatic carbocycles. The topological polar surface area (TPSA) is 38.0 Å². The maximum atomic E-state index is 13.4. The lowest BCUT2D eigenvalue weighted by Gasteiger charge is -2.30.